The predicted molar refractivity (Wildman–Crippen MR) is 88.6 cm³/mol. The Hall–Kier alpha value is -1.68. The minimum absolute atomic E-state index is 0.0919. The molecule has 1 aromatic heterocycles. The molecule has 1 heterocycles. The zero-order valence-corrected chi connectivity index (χ0v) is 15.1. The van der Waals surface area contributed by atoms with Crippen LogP contribution >= 0.6 is 11.6 Å². The van der Waals surface area contributed by atoms with Gasteiger partial charge in [-0.15, -0.1) is 5.10 Å². The topological polar surface area (TPSA) is 95.3 Å². The van der Waals surface area contributed by atoms with Crippen molar-refractivity contribution in [1.29, 1.82) is 0 Å². The summed E-state index contributed by atoms with van der Waals surface area (Å²) in [7, 11) is -0.825. The highest BCUT2D eigenvalue weighted by Crippen LogP contribution is 2.21. The van der Waals surface area contributed by atoms with Crippen LogP contribution in [-0.2, 0) is 21.3 Å². The fourth-order valence-electron chi connectivity index (χ4n) is 2.20. The average molecular weight is 375 g/mol. The molecule has 0 saturated heterocycles. The third-order valence-electron chi connectivity index (χ3n) is 3.31. The third-order valence-corrected chi connectivity index (χ3v) is 5.05. The van der Waals surface area contributed by atoms with Crippen molar-refractivity contribution < 1.29 is 17.9 Å². The Morgan fingerprint density at radius 3 is 2.46 bits per heavy atom. The van der Waals surface area contributed by atoms with Gasteiger partial charge in [0.25, 0.3) is 0 Å². The Labute approximate surface area is 145 Å². The Kier molecular flexibility index (Phi) is 6.16. The second-order valence-electron chi connectivity index (χ2n) is 4.87. The molecular formula is C14H19ClN4O4S. The molecule has 2 aromatic rings. The van der Waals surface area contributed by atoms with Gasteiger partial charge in [-0.3, -0.25) is 4.57 Å². The maximum Gasteiger partial charge on any atom is 0.316 e. The number of nitrogens with one attached hydrogen (secondary N) is 1. The number of halogens is 1. The average Bonchev–Trinajstić information content (AvgIpc) is 2.97. The van der Waals surface area contributed by atoms with E-state index in [4.69, 9.17) is 21.1 Å². The maximum atomic E-state index is 12.6. The van der Waals surface area contributed by atoms with Crippen molar-refractivity contribution >= 4 is 21.6 Å². The molecule has 0 aliphatic heterocycles. The molecule has 1 atom stereocenters. The van der Waals surface area contributed by atoms with Gasteiger partial charge in [0.1, 0.15) is 6.04 Å². The first-order valence-corrected chi connectivity index (χ1v) is 9.03. The van der Waals surface area contributed by atoms with E-state index in [0.29, 0.717) is 23.4 Å². The standard InChI is InChI=1S/C14H19ClN4O4S/c1-4-19-13(16-17-14(19)23-3)12(9-22-2)18-24(20,21)11-7-5-10(15)6-8-11/h5-8,12,18H,4,9H2,1-3H3/t12-/m1/s1. The molecule has 10 heteroatoms. The zero-order valence-electron chi connectivity index (χ0n) is 13.6. The van der Waals surface area contributed by atoms with Crippen LogP contribution in [0, 0.1) is 0 Å². The van der Waals surface area contributed by atoms with Crippen LogP contribution < -0.4 is 9.46 Å². The Bertz CT molecular complexity index is 777. The lowest BCUT2D eigenvalue weighted by Gasteiger charge is -2.18. The Morgan fingerprint density at radius 2 is 1.92 bits per heavy atom. The first-order valence-electron chi connectivity index (χ1n) is 7.16. The summed E-state index contributed by atoms with van der Waals surface area (Å²) in [5.74, 6) is 0.411. The number of methoxy groups -OCH3 is 2. The SMILES string of the molecule is CCn1c(OC)nnc1[C@@H](COC)NS(=O)(=O)c1ccc(Cl)cc1. The van der Waals surface area contributed by atoms with Gasteiger partial charge in [-0.05, 0) is 31.2 Å². The van der Waals surface area contributed by atoms with Crippen LogP contribution in [0.1, 0.15) is 18.8 Å². The molecule has 0 amide bonds. The highest BCUT2D eigenvalue weighted by molar-refractivity contribution is 7.89. The molecule has 0 spiro atoms. The normalized spacial score (nSPS) is 13.0. The predicted octanol–water partition coefficient (Wildman–Crippen LogP) is 1.63. The van der Waals surface area contributed by atoms with Gasteiger partial charge in [-0.2, -0.15) is 4.72 Å². The highest BCUT2D eigenvalue weighted by Gasteiger charge is 2.27. The number of rotatable bonds is 8. The summed E-state index contributed by atoms with van der Waals surface area (Å²) < 4.78 is 39.7. The molecule has 0 aliphatic rings. The van der Waals surface area contributed by atoms with Gasteiger partial charge in [-0.25, -0.2) is 8.42 Å². The lowest BCUT2D eigenvalue weighted by Crippen LogP contribution is -2.33. The first-order chi connectivity index (χ1) is 11.4. The number of nitrogens with zero attached hydrogens (tertiary/aromatic N) is 3. The van der Waals surface area contributed by atoms with Crippen LogP contribution in [0.2, 0.25) is 5.02 Å². The monoisotopic (exact) mass is 374 g/mol. The maximum absolute atomic E-state index is 12.6. The van der Waals surface area contributed by atoms with Crippen molar-refractivity contribution in [3.63, 3.8) is 0 Å². The van der Waals surface area contributed by atoms with Crippen LogP contribution in [0.25, 0.3) is 0 Å². The summed E-state index contributed by atoms with van der Waals surface area (Å²) in [6, 6.07) is 5.48. The van der Waals surface area contributed by atoms with E-state index in [9.17, 15) is 8.42 Å². The van der Waals surface area contributed by atoms with Gasteiger partial charge in [-0.1, -0.05) is 16.7 Å². The first kappa shape index (κ1) is 18.7. The van der Waals surface area contributed by atoms with Gasteiger partial charge < -0.3 is 9.47 Å². The van der Waals surface area contributed by atoms with Crippen molar-refractivity contribution in [3.05, 3.63) is 35.1 Å². The van der Waals surface area contributed by atoms with Crippen LogP contribution in [0.4, 0.5) is 0 Å². The van der Waals surface area contributed by atoms with Crippen LogP contribution in [0.5, 0.6) is 6.01 Å². The van der Waals surface area contributed by atoms with Gasteiger partial charge in [0.05, 0.1) is 18.6 Å². The fourth-order valence-corrected chi connectivity index (χ4v) is 3.51. The van der Waals surface area contributed by atoms with Crippen LogP contribution in [-0.4, -0.2) is 44.0 Å². The van der Waals surface area contributed by atoms with E-state index in [2.05, 4.69) is 14.9 Å². The Morgan fingerprint density at radius 1 is 1.25 bits per heavy atom. The minimum atomic E-state index is -3.78. The van der Waals surface area contributed by atoms with Crippen molar-refractivity contribution in [1.82, 2.24) is 19.5 Å². The van der Waals surface area contributed by atoms with Crippen LogP contribution in [0.15, 0.2) is 29.2 Å². The number of ether oxygens (including phenoxy) is 2. The van der Waals surface area contributed by atoms with E-state index < -0.39 is 16.1 Å². The highest BCUT2D eigenvalue weighted by atomic mass is 35.5. The van der Waals surface area contributed by atoms with E-state index in [1.807, 2.05) is 6.92 Å². The fraction of sp³-hybridized carbons (Fsp3) is 0.429. The molecule has 0 unspecified atom stereocenters. The molecule has 0 fully saturated rings. The van der Waals surface area contributed by atoms with Gasteiger partial charge in [0.15, 0.2) is 5.82 Å². The third kappa shape index (κ3) is 4.04. The number of benzene rings is 1. The summed E-state index contributed by atoms with van der Waals surface area (Å²) in [5, 5.41) is 8.39. The largest absolute Gasteiger partial charge is 0.467 e. The molecule has 1 N–H and O–H groups in total. The van der Waals surface area contributed by atoms with Gasteiger partial charge >= 0.3 is 6.01 Å². The van der Waals surface area contributed by atoms with E-state index in [-0.39, 0.29) is 11.5 Å². The lowest BCUT2D eigenvalue weighted by molar-refractivity contribution is 0.170. The van der Waals surface area contributed by atoms with Crippen molar-refractivity contribution in [2.45, 2.75) is 24.4 Å². The molecule has 0 bridgehead atoms. The summed E-state index contributed by atoms with van der Waals surface area (Å²) in [5.41, 5.74) is 0. The van der Waals surface area contributed by atoms with Crippen molar-refractivity contribution in [2.75, 3.05) is 20.8 Å². The molecule has 0 saturated carbocycles. The Balaban J connectivity index is 2.34. The number of sulfonamides is 1. The van der Waals surface area contributed by atoms with E-state index in [0.717, 1.165) is 0 Å². The van der Waals surface area contributed by atoms with Crippen LogP contribution in [0.3, 0.4) is 0 Å². The summed E-state index contributed by atoms with van der Waals surface area (Å²) in [6.07, 6.45) is 0. The second kappa shape index (κ2) is 7.93. The number of aromatic nitrogens is 3. The van der Waals surface area contributed by atoms with Crippen molar-refractivity contribution in [3.8, 4) is 6.01 Å². The lowest BCUT2D eigenvalue weighted by atomic mass is 10.3. The van der Waals surface area contributed by atoms with E-state index >= 15 is 0 Å². The van der Waals surface area contributed by atoms with Crippen molar-refractivity contribution in [2.24, 2.45) is 0 Å². The van der Waals surface area contributed by atoms with Gasteiger partial charge in [0.2, 0.25) is 10.0 Å². The van der Waals surface area contributed by atoms with E-state index in [1.54, 1.807) is 4.57 Å². The smallest absolute Gasteiger partial charge is 0.316 e. The molecule has 1 aromatic carbocycles. The van der Waals surface area contributed by atoms with Gasteiger partial charge in [0, 0.05) is 18.7 Å². The molecular weight excluding hydrogens is 356 g/mol. The minimum Gasteiger partial charge on any atom is -0.467 e. The summed E-state index contributed by atoms with van der Waals surface area (Å²) in [4.78, 5) is 0.0996. The molecule has 8 nitrogen and oxygen atoms in total. The quantitative estimate of drug-likeness (QED) is 0.754. The molecule has 132 valence electrons. The summed E-state index contributed by atoms with van der Waals surface area (Å²) in [6.45, 7) is 2.50. The number of hydrogen-bond donors (Lipinski definition) is 1. The molecule has 24 heavy (non-hydrogen) atoms. The zero-order chi connectivity index (χ0) is 17.7. The second-order valence-corrected chi connectivity index (χ2v) is 7.02. The number of hydrogen-bond acceptors (Lipinski definition) is 6. The molecule has 2 rings (SSSR count). The molecule has 0 radical (unpaired) electrons. The van der Waals surface area contributed by atoms with E-state index in [1.165, 1.54) is 38.5 Å². The summed E-state index contributed by atoms with van der Waals surface area (Å²) >= 11 is 5.80. The molecule has 0 aliphatic carbocycles.